The lowest BCUT2D eigenvalue weighted by atomic mass is 10.1. The van der Waals surface area contributed by atoms with Crippen LogP contribution in [0.4, 0.5) is 5.82 Å². The molecule has 0 saturated carbocycles. The second kappa shape index (κ2) is 5.64. The van der Waals surface area contributed by atoms with Crippen LogP contribution in [-0.2, 0) is 6.54 Å². The fourth-order valence-electron chi connectivity index (χ4n) is 2.47. The van der Waals surface area contributed by atoms with Gasteiger partial charge in [-0.1, -0.05) is 30.3 Å². The summed E-state index contributed by atoms with van der Waals surface area (Å²) >= 11 is 0. The lowest BCUT2D eigenvalue weighted by molar-refractivity contribution is 0.905. The molecule has 0 bridgehead atoms. The number of anilines is 1. The average molecular weight is 273 g/mol. The Bertz CT molecular complexity index is 804. The van der Waals surface area contributed by atoms with E-state index in [0.717, 1.165) is 23.1 Å². The van der Waals surface area contributed by atoms with Crippen molar-refractivity contribution in [2.45, 2.75) is 6.54 Å². The van der Waals surface area contributed by atoms with Gasteiger partial charge in [0.05, 0.1) is 11.6 Å². The zero-order valence-corrected chi connectivity index (χ0v) is 11.8. The van der Waals surface area contributed by atoms with Crippen molar-refractivity contribution in [3.8, 4) is 6.07 Å². The van der Waals surface area contributed by atoms with E-state index in [0.29, 0.717) is 5.56 Å². The Balaban J connectivity index is 1.98. The molecule has 0 radical (unpaired) electrons. The number of fused-ring (bicyclic) bond motifs is 1. The molecule has 0 amide bonds. The summed E-state index contributed by atoms with van der Waals surface area (Å²) in [6, 6.07) is 20.1. The number of nitrogens with zero attached hydrogens (tertiary/aromatic N) is 3. The van der Waals surface area contributed by atoms with Crippen LogP contribution in [0.5, 0.6) is 0 Å². The van der Waals surface area contributed by atoms with Gasteiger partial charge in [-0.3, -0.25) is 0 Å². The Kier molecular flexibility index (Phi) is 3.53. The number of aromatic nitrogens is 1. The molecule has 0 aliphatic heterocycles. The first kappa shape index (κ1) is 13.1. The standard InChI is InChI=1S/C18H15N3/c1-21(13-14-5-3-2-4-6-14)18-17-8-7-15(12-19)11-16(17)9-10-20-18/h2-11H,13H2,1H3. The van der Waals surface area contributed by atoms with Crippen LogP contribution in [0, 0.1) is 11.3 Å². The number of hydrogen-bond donors (Lipinski definition) is 0. The topological polar surface area (TPSA) is 39.9 Å². The van der Waals surface area contributed by atoms with Crippen molar-refractivity contribution in [2.75, 3.05) is 11.9 Å². The van der Waals surface area contributed by atoms with E-state index < -0.39 is 0 Å². The third-order valence-electron chi connectivity index (χ3n) is 3.50. The summed E-state index contributed by atoms with van der Waals surface area (Å²) in [7, 11) is 2.03. The summed E-state index contributed by atoms with van der Waals surface area (Å²) in [4.78, 5) is 6.63. The van der Waals surface area contributed by atoms with Crippen LogP contribution in [0.25, 0.3) is 10.8 Å². The molecule has 0 saturated heterocycles. The molecule has 2 aromatic carbocycles. The van der Waals surface area contributed by atoms with Crippen molar-refractivity contribution in [2.24, 2.45) is 0 Å². The first-order chi connectivity index (χ1) is 10.3. The fourth-order valence-corrected chi connectivity index (χ4v) is 2.47. The highest BCUT2D eigenvalue weighted by Gasteiger charge is 2.08. The third-order valence-corrected chi connectivity index (χ3v) is 3.50. The summed E-state index contributed by atoms with van der Waals surface area (Å²) in [6.45, 7) is 0.799. The zero-order chi connectivity index (χ0) is 14.7. The van der Waals surface area contributed by atoms with E-state index in [9.17, 15) is 0 Å². The quantitative estimate of drug-likeness (QED) is 0.729. The van der Waals surface area contributed by atoms with Gasteiger partial charge in [0.2, 0.25) is 0 Å². The molecule has 0 N–H and O–H groups in total. The highest BCUT2D eigenvalue weighted by atomic mass is 15.2. The second-order valence-corrected chi connectivity index (χ2v) is 5.02. The number of benzene rings is 2. The number of hydrogen-bond acceptors (Lipinski definition) is 3. The van der Waals surface area contributed by atoms with Gasteiger partial charge in [-0.15, -0.1) is 0 Å². The highest BCUT2D eigenvalue weighted by Crippen LogP contribution is 2.25. The van der Waals surface area contributed by atoms with Crippen LogP contribution in [0.2, 0.25) is 0 Å². The minimum Gasteiger partial charge on any atom is -0.355 e. The third kappa shape index (κ3) is 2.70. The van der Waals surface area contributed by atoms with Gasteiger partial charge in [0.1, 0.15) is 5.82 Å². The molecule has 0 fully saturated rings. The average Bonchev–Trinajstić information content (AvgIpc) is 2.54. The lowest BCUT2D eigenvalue weighted by Crippen LogP contribution is -2.17. The SMILES string of the molecule is CN(Cc1ccccc1)c1nccc2cc(C#N)ccc12. The summed E-state index contributed by atoms with van der Waals surface area (Å²) in [5, 5.41) is 11.1. The van der Waals surface area contributed by atoms with E-state index in [4.69, 9.17) is 5.26 Å². The van der Waals surface area contributed by atoms with Crippen LogP contribution < -0.4 is 4.90 Å². The Hall–Kier alpha value is -2.86. The van der Waals surface area contributed by atoms with Gasteiger partial charge >= 0.3 is 0 Å². The molecular weight excluding hydrogens is 258 g/mol. The van der Waals surface area contributed by atoms with Crippen LogP contribution in [-0.4, -0.2) is 12.0 Å². The van der Waals surface area contributed by atoms with Gasteiger partial charge in [-0.2, -0.15) is 5.26 Å². The van der Waals surface area contributed by atoms with Crippen molar-refractivity contribution in [3.05, 3.63) is 71.9 Å². The van der Waals surface area contributed by atoms with Crippen LogP contribution in [0.1, 0.15) is 11.1 Å². The Morgan fingerprint density at radius 2 is 1.90 bits per heavy atom. The number of nitriles is 1. The summed E-state index contributed by atoms with van der Waals surface area (Å²) in [5.41, 5.74) is 1.91. The van der Waals surface area contributed by atoms with Gasteiger partial charge in [0.15, 0.2) is 0 Å². The number of pyridine rings is 1. The van der Waals surface area contributed by atoms with Crippen LogP contribution in [0.15, 0.2) is 60.8 Å². The normalized spacial score (nSPS) is 10.3. The Morgan fingerprint density at radius 1 is 1.10 bits per heavy atom. The van der Waals surface area contributed by atoms with Crippen molar-refractivity contribution in [1.82, 2.24) is 4.98 Å². The molecule has 102 valence electrons. The molecule has 0 unspecified atom stereocenters. The van der Waals surface area contributed by atoms with Crippen molar-refractivity contribution >= 4 is 16.6 Å². The maximum absolute atomic E-state index is 8.99. The van der Waals surface area contributed by atoms with Crippen molar-refractivity contribution in [1.29, 1.82) is 5.26 Å². The Labute approximate surface area is 124 Å². The van der Waals surface area contributed by atoms with Gasteiger partial charge in [-0.25, -0.2) is 4.98 Å². The molecule has 3 aromatic rings. The van der Waals surface area contributed by atoms with Crippen molar-refractivity contribution < 1.29 is 0 Å². The molecule has 0 aliphatic carbocycles. The molecule has 3 nitrogen and oxygen atoms in total. The van der Waals surface area contributed by atoms with Gasteiger partial charge in [-0.05, 0) is 35.2 Å². The van der Waals surface area contributed by atoms with E-state index in [1.165, 1.54) is 5.56 Å². The molecular formula is C18H15N3. The van der Waals surface area contributed by atoms with Gasteiger partial charge in [0, 0.05) is 25.2 Å². The smallest absolute Gasteiger partial charge is 0.136 e. The van der Waals surface area contributed by atoms with E-state index in [1.54, 1.807) is 6.20 Å². The fraction of sp³-hybridized carbons (Fsp3) is 0.111. The molecule has 1 aromatic heterocycles. The van der Waals surface area contributed by atoms with E-state index >= 15 is 0 Å². The summed E-state index contributed by atoms with van der Waals surface area (Å²) < 4.78 is 0. The Morgan fingerprint density at radius 3 is 2.67 bits per heavy atom. The first-order valence-electron chi connectivity index (χ1n) is 6.82. The highest BCUT2D eigenvalue weighted by molar-refractivity contribution is 5.92. The monoisotopic (exact) mass is 273 g/mol. The lowest BCUT2D eigenvalue weighted by Gasteiger charge is -2.20. The predicted molar refractivity (Wildman–Crippen MR) is 85.0 cm³/mol. The van der Waals surface area contributed by atoms with Gasteiger partial charge in [0.25, 0.3) is 0 Å². The van der Waals surface area contributed by atoms with Crippen LogP contribution in [0.3, 0.4) is 0 Å². The van der Waals surface area contributed by atoms with Crippen molar-refractivity contribution in [3.63, 3.8) is 0 Å². The molecule has 0 atom stereocenters. The molecule has 21 heavy (non-hydrogen) atoms. The predicted octanol–water partition coefficient (Wildman–Crippen LogP) is 3.74. The molecule has 3 heteroatoms. The van der Waals surface area contributed by atoms with E-state index in [2.05, 4.69) is 28.1 Å². The zero-order valence-electron chi connectivity index (χ0n) is 11.8. The summed E-state index contributed by atoms with van der Waals surface area (Å²) in [6.07, 6.45) is 1.79. The largest absolute Gasteiger partial charge is 0.355 e. The van der Waals surface area contributed by atoms with Gasteiger partial charge < -0.3 is 4.90 Å². The molecule has 0 spiro atoms. The second-order valence-electron chi connectivity index (χ2n) is 5.02. The molecule has 1 heterocycles. The maximum Gasteiger partial charge on any atom is 0.136 e. The van der Waals surface area contributed by atoms with E-state index in [1.807, 2.05) is 49.5 Å². The first-order valence-corrected chi connectivity index (χ1v) is 6.82. The van der Waals surface area contributed by atoms with Crippen LogP contribution >= 0.6 is 0 Å². The minimum atomic E-state index is 0.672. The van der Waals surface area contributed by atoms with E-state index in [-0.39, 0.29) is 0 Å². The maximum atomic E-state index is 8.99. The summed E-state index contributed by atoms with van der Waals surface area (Å²) in [5.74, 6) is 0.931. The minimum absolute atomic E-state index is 0.672. The molecule has 3 rings (SSSR count). The number of rotatable bonds is 3. The molecule has 0 aliphatic rings.